The van der Waals surface area contributed by atoms with Crippen molar-refractivity contribution < 1.29 is 18.1 Å². The number of alkyl halides is 9. The predicted molar refractivity (Wildman–Crippen MR) is 143 cm³/mol. The number of hydrogen-bond acceptors (Lipinski definition) is 4. The van der Waals surface area contributed by atoms with Gasteiger partial charge in [-0.05, 0) is 0 Å². The average molecular weight is 976 g/mol. The molecule has 0 rings (SSSR count). The summed E-state index contributed by atoms with van der Waals surface area (Å²) in [6.07, 6.45) is 0. The zero-order chi connectivity index (χ0) is 20.5. The van der Waals surface area contributed by atoms with Crippen molar-refractivity contribution in [1.29, 1.82) is 0 Å². The highest BCUT2D eigenvalue weighted by molar-refractivity contribution is 9.11. The molecule has 0 aliphatic carbocycles. The van der Waals surface area contributed by atoms with Crippen LogP contribution in [0.3, 0.4) is 0 Å². The van der Waals surface area contributed by atoms with E-state index in [9.17, 15) is 4.57 Å². The number of hydrogen-bond donors (Lipinski definition) is 0. The first-order chi connectivity index (χ1) is 12.2. The van der Waals surface area contributed by atoms with Crippen LogP contribution in [0.4, 0.5) is 0 Å². The third-order valence-electron chi connectivity index (χ3n) is 3.11. The quantitative estimate of drug-likeness (QED) is 0.124. The van der Waals surface area contributed by atoms with Gasteiger partial charge in [-0.15, -0.1) is 0 Å². The fourth-order valence-electron chi connectivity index (χ4n) is 1.31. The van der Waals surface area contributed by atoms with Crippen LogP contribution in [0.25, 0.3) is 0 Å². The van der Waals surface area contributed by atoms with Gasteiger partial charge in [-0.2, -0.15) is 0 Å². The summed E-state index contributed by atoms with van der Waals surface area (Å²) in [7, 11) is -4.00. The fourth-order valence-corrected chi connectivity index (χ4v) is 14.4. The highest BCUT2D eigenvalue weighted by Gasteiger charge is 2.49. The second-order valence-corrected chi connectivity index (χ2v) is 12.0. The summed E-state index contributed by atoms with van der Waals surface area (Å²) in [5.74, 6) is 0. The minimum Gasteiger partial charge on any atom is -0.277 e. The molecule has 0 aliphatic rings. The molecule has 0 spiro atoms. The molecule has 0 N–H and O–H groups in total. The molecule has 0 atom stereocenters. The average Bonchev–Trinajstić information content (AvgIpc) is 2.69. The normalized spacial score (nSPS) is 14.0. The molecular formula is C12H18Br9O4P. The Kier molecular flexibility index (Phi) is 17.0. The van der Waals surface area contributed by atoms with Gasteiger partial charge in [0.25, 0.3) is 0 Å². The molecule has 0 amide bonds. The van der Waals surface area contributed by atoms with E-state index in [0.717, 1.165) is 0 Å². The van der Waals surface area contributed by atoms with Crippen LogP contribution >= 0.6 is 151 Å². The largest absolute Gasteiger partial charge is 0.476 e. The minimum absolute atomic E-state index is 0.432. The molecule has 4 nitrogen and oxygen atoms in total. The van der Waals surface area contributed by atoms with E-state index in [1.54, 1.807) is 0 Å². The molecule has 0 saturated heterocycles. The van der Waals surface area contributed by atoms with E-state index in [4.69, 9.17) is 13.6 Å². The van der Waals surface area contributed by atoms with Crippen molar-refractivity contribution >= 4 is 151 Å². The highest BCUT2D eigenvalue weighted by atomic mass is 79.9. The van der Waals surface area contributed by atoms with Crippen LogP contribution in [0.2, 0.25) is 0 Å². The Morgan fingerprint density at radius 2 is 0.615 bits per heavy atom. The lowest BCUT2D eigenvalue weighted by Crippen LogP contribution is -2.45. The zero-order valence-electron chi connectivity index (χ0n) is 13.3. The van der Waals surface area contributed by atoms with Gasteiger partial charge in [0, 0.05) is 48.0 Å². The van der Waals surface area contributed by atoms with Crippen molar-refractivity contribution in [3.05, 3.63) is 0 Å². The zero-order valence-corrected chi connectivity index (χ0v) is 28.5. The van der Waals surface area contributed by atoms with Crippen molar-refractivity contribution in [3.63, 3.8) is 0 Å². The van der Waals surface area contributed by atoms with E-state index in [0.29, 0.717) is 48.0 Å². The molecule has 0 radical (unpaired) electrons. The van der Waals surface area contributed by atoms with Gasteiger partial charge >= 0.3 is 7.82 Å². The molecule has 0 unspecified atom stereocenters. The molecule has 0 aliphatic heterocycles. The Bertz CT molecular complexity index is 358. The third kappa shape index (κ3) is 8.75. The van der Waals surface area contributed by atoms with Crippen molar-refractivity contribution in [2.24, 2.45) is 0 Å². The maximum absolute atomic E-state index is 13.8. The lowest BCUT2D eigenvalue weighted by molar-refractivity contribution is -0.0128. The van der Waals surface area contributed by atoms with Gasteiger partial charge in [-0.3, -0.25) is 13.6 Å². The Labute approximate surface area is 230 Å². The molecule has 14 heteroatoms. The lowest BCUT2D eigenvalue weighted by Gasteiger charge is -2.40. The second kappa shape index (κ2) is 14.6. The van der Waals surface area contributed by atoms with E-state index in [1.807, 2.05) is 0 Å². The topological polar surface area (TPSA) is 44.8 Å². The maximum Gasteiger partial charge on any atom is 0.476 e. The highest BCUT2D eigenvalue weighted by Crippen LogP contribution is 2.59. The van der Waals surface area contributed by atoms with Crippen LogP contribution in [0.5, 0.6) is 0 Å². The summed E-state index contributed by atoms with van der Waals surface area (Å²) in [5.41, 5.74) is -2.45. The van der Waals surface area contributed by atoms with Gasteiger partial charge in [-0.1, -0.05) is 143 Å². The molecule has 0 aromatic carbocycles. The molecule has 158 valence electrons. The molecule has 0 aromatic heterocycles. The smallest absolute Gasteiger partial charge is 0.277 e. The molecule has 0 saturated carbocycles. The van der Waals surface area contributed by atoms with E-state index < -0.39 is 24.6 Å². The molecule has 0 heterocycles. The summed E-state index contributed by atoms with van der Waals surface area (Å²) < 4.78 is 32.0. The first kappa shape index (κ1) is 30.4. The third-order valence-corrected chi connectivity index (χ3v) is 14.1. The molecule has 0 aromatic rings. The fraction of sp³-hybridized carbons (Fsp3) is 1.00. The van der Waals surface area contributed by atoms with Gasteiger partial charge < -0.3 is 0 Å². The standard InChI is InChI=1S/C12H18Br9O4P/c13-1-10(2-14,3-15)23-26(22,24-11(4-16,5-17)6-18)25-12(7-19,8-20)9-21/h1-9H2. The van der Waals surface area contributed by atoms with Crippen LogP contribution in [0.1, 0.15) is 0 Å². The van der Waals surface area contributed by atoms with Crippen molar-refractivity contribution in [3.8, 4) is 0 Å². The van der Waals surface area contributed by atoms with E-state index in [1.165, 1.54) is 0 Å². The first-order valence-electron chi connectivity index (χ1n) is 6.93. The maximum atomic E-state index is 13.8. The number of rotatable bonds is 15. The lowest BCUT2D eigenvalue weighted by atomic mass is 10.2. The van der Waals surface area contributed by atoms with Gasteiger partial charge in [0.05, 0.1) is 0 Å². The van der Waals surface area contributed by atoms with Crippen LogP contribution in [-0.2, 0) is 18.1 Å². The van der Waals surface area contributed by atoms with Crippen molar-refractivity contribution in [2.45, 2.75) is 16.8 Å². The SMILES string of the molecule is O=P(OC(CBr)(CBr)CBr)(OC(CBr)(CBr)CBr)OC(CBr)(CBr)CBr. The minimum atomic E-state index is -4.00. The van der Waals surface area contributed by atoms with Crippen molar-refractivity contribution in [2.75, 3.05) is 48.0 Å². The Morgan fingerprint density at radius 3 is 0.731 bits per heavy atom. The summed E-state index contributed by atoms with van der Waals surface area (Å²) in [5, 5.41) is 3.88. The molecule has 26 heavy (non-hydrogen) atoms. The molecule has 0 bridgehead atoms. The Morgan fingerprint density at radius 1 is 0.462 bits per heavy atom. The van der Waals surface area contributed by atoms with Gasteiger partial charge in [0.15, 0.2) is 0 Å². The van der Waals surface area contributed by atoms with Gasteiger partial charge in [-0.25, -0.2) is 4.57 Å². The van der Waals surface area contributed by atoms with Crippen LogP contribution < -0.4 is 0 Å². The summed E-state index contributed by atoms with van der Waals surface area (Å²) in [6, 6.07) is 0. The van der Waals surface area contributed by atoms with E-state index >= 15 is 0 Å². The predicted octanol–water partition coefficient (Wildman–Crippen LogP) is 7.91. The summed E-state index contributed by atoms with van der Waals surface area (Å²) >= 11 is 30.9. The molecule has 0 fully saturated rings. The van der Waals surface area contributed by atoms with E-state index in [-0.39, 0.29) is 0 Å². The monoisotopic (exact) mass is 967 g/mol. The Balaban J connectivity index is 6.04. The van der Waals surface area contributed by atoms with Crippen LogP contribution in [-0.4, -0.2) is 64.8 Å². The van der Waals surface area contributed by atoms with Crippen LogP contribution in [0.15, 0.2) is 0 Å². The second-order valence-electron chi connectivity index (χ2n) is 5.47. The number of phosphoric ester groups is 1. The first-order valence-corrected chi connectivity index (χ1v) is 18.5. The summed E-state index contributed by atoms with van der Waals surface area (Å²) in [6.45, 7) is 0. The van der Waals surface area contributed by atoms with Gasteiger partial charge in [0.2, 0.25) is 0 Å². The van der Waals surface area contributed by atoms with Crippen molar-refractivity contribution in [1.82, 2.24) is 0 Å². The number of halogens is 9. The van der Waals surface area contributed by atoms with E-state index in [2.05, 4.69) is 143 Å². The summed E-state index contributed by atoms with van der Waals surface area (Å²) in [4.78, 5) is 0. The molecular weight excluding hydrogens is 958 g/mol. The Hall–Kier alpha value is 4.43. The van der Waals surface area contributed by atoms with Crippen LogP contribution in [0, 0.1) is 0 Å². The van der Waals surface area contributed by atoms with Gasteiger partial charge in [0.1, 0.15) is 16.8 Å². The number of phosphoric acid groups is 1.